The van der Waals surface area contributed by atoms with Gasteiger partial charge in [0.25, 0.3) is 0 Å². The molecule has 0 radical (unpaired) electrons. The first-order valence-electron chi connectivity index (χ1n) is 5.56. The number of rotatable bonds is 7. The summed E-state index contributed by atoms with van der Waals surface area (Å²) in [5, 5.41) is 21.5. The van der Waals surface area contributed by atoms with Gasteiger partial charge in [0.05, 0.1) is 11.6 Å². The van der Waals surface area contributed by atoms with Gasteiger partial charge >= 0.3 is 0 Å². The number of halogens is 1. The van der Waals surface area contributed by atoms with Crippen molar-refractivity contribution in [1.82, 2.24) is 5.32 Å². The van der Waals surface area contributed by atoms with Crippen LogP contribution in [0.25, 0.3) is 0 Å². The lowest BCUT2D eigenvalue weighted by Crippen LogP contribution is -2.15. The zero-order valence-corrected chi connectivity index (χ0v) is 11.5. The Morgan fingerprint density at radius 3 is 2.76 bits per heavy atom. The van der Waals surface area contributed by atoms with Crippen molar-refractivity contribution in [2.24, 2.45) is 0 Å². The molecule has 5 heteroatoms. The lowest BCUT2D eigenvalue weighted by atomic mass is 10.2. The Morgan fingerprint density at radius 2 is 2.12 bits per heavy atom. The van der Waals surface area contributed by atoms with Crippen molar-refractivity contribution in [3.05, 3.63) is 22.2 Å². The second-order valence-corrected chi connectivity index (χ2v) is 4.59. The van der Waals surface area contributed by atoms with Gasteiger partial charge in [-0.2, -0.15) is 0 Å². The van der Waals surface area contributed by atoms with Crippen molar-refractivity contribution in [3.63, 3.8) is 0 Å². The summed E-state index contributed by atoms with van der Waals surface area (Å²) in [6, 6.07) is 3.66. The van der Waals surface area contributed by atoms with Gasteiger partial charge in [-0.05, 0) is 53.0 Å². The van der Waals surface area contributed by atoms with E-state index in [4.69, 9.17) is 9.84 Å². The van der Waals surface area contributed by atoms with Crippen molar-refractivity contribution >= 4 is 15.9 Å². The molecule has 96 valence electrons. The molecule has 0 atom stereocenters. The molecule has 0 unspecified atom stereocenters. The molecule has 0 saturated carbocycles. The van der Waals surface area contributed by atoms with Crippen molar-refractivity contribution in [1.29, 1.82) is 0 Å². The number of benzene rings is 1. The second kappa shape index (κ2) is 7.53. The van der Waals surface area contributed by atoms with Gasteiger partial charge in [-0.15, -0.1) is 0 Å². The third-order valence-corrected chi connectivity index (χ3v) is 3.00. The van der Waals surface area contributed by atoms with Crippen LogP contribution in [0.1, 0.15) is 18.4 Å². The standard InChI is InChI=1S/C12H18BrNO3/c1-17-11-7-9(6-10(13)12(11)16)8-14-4-2-3-5-15/h6-7,14-16H,2-5,8H2,1H3. The van der Waals surface area contributed by atoms with E-state index in [1.807, 2.05) is 6.07 Å². The number of phenols is 1. The quantitative estimate of drug-likeness (QED) is 0.675. The van der Waals surface area contributed by atoms with Gasteiger partial charge in [0.2, 0.25) is 0 Å². The molecular weight excluding hydrogens is 286 g/mol. The maximum atomic E-state index is 9.64. The zero-order chi connectivity index (χ0) is 12.7. The summed E-state index contributed by atoms with van der Waals surface area (Å²) in [4.78, 5) is 0. The summed E-state index contributed by atoms with van der Waals surface area (Å²) in [6.45, 7) is 1.81. The van der Waals surface area contributed by atoms with Crippen molar-refractivity contribution < 1.29 is 14.9 Å². The minimum absolute atomic E-state index is 0.122. The molecule has 0 heterocycles. The van der Waals surface area contributed by atoms with Gasteiger partial charge in [-0.3, -0.25) is 0 Å². The van der Waals surface area contributed by atoms with E-state index in [2.05, 4.69) is 21.2 Å². The summed E-state index contributed by atoms with van der Waals surface area (Å²) in [6.07, 6.45) is 1.77. The van der Waals surface area contributed by atoms with Crippen LogP contribution in [0.4, 0.5) is 0 Å². The van der Waals surface area contributed by atoms with Crippen LogP contribution in [0.3, 0.4) is 0 Å². The van der Waals surface area contributed by atoms with E-state index in [0.717, 1.165) is 24.9 Å². The van der Waals surface area contributed by atoms with Crippen LogP contribution >= 0.6 is 15.9 Å². The van der Waals surface area contributed by atoms with Crippen LogP contribution in [-0.4, -0.2) is 30.5 Å². The van der Waals surface area contributed by atoms with E-state index in [1.165, 1.54) is 7.11 Å². The van der Waals surface area contributed by atoms with E-state index in [9.17, 15) is 5.11 Å². The Balaban J connectivity index is 2.51. The number of aromatic hydroxyl groups is 1. The minimum Gasteiger partial charge on any atom is -0.503 e. The fourth-order valence-corrected chi connectivity index (χ4v) is 1.97. The highest BCUT2D eigenvalue weighted by Crippen LogP contribution is 2.35. The molecule has 0 aliphatic heterocycles. The first kappa shape index (κ1) is 14.3. The van der Waals surface area contributed by atoms with Crippen LogP contribution < -0.4 is 10.1 Å². The number of hydrogen-bond donors (Lipinski definition) is 3. The zero-order valence-electron chi connectivity index (χ0n) is 9.87. The molecular formula is C12H18BrNO3. The highest BCUT2D eigenvalue weighted by molar-refractivity contribution is 9.10. The molecule has 0 aromatic heterocycles. The average molecular weight is 304 g/mol. The Hall–Kier alpha value is -0.780. The smallest absolute Gasteiger partial charge is 0.172 e. The summed E-state index contributed by atoms with van der Waals surface area (Å²) < 4.78 is 5.70. The Labute approximate surface area is 110 Å². The molecule has 1 aromatic rings. The molecule has 0 bridgehead atoms. The monoisotopic (exact) mass is 303 g/mol. The third-order valence-electron chi connectivity index (χ3n) is 2.40. The Kier molecular flexibility index (Phi) is 6.32. The molecule has 17 heavy (non-hydrogen) atoms. The van der Waals surface area contributed by atoms with Crippen molar-refractivity contribution in [3.8, 4) is 11.5 Å². The largest absolute Gasteiger partial charge is 0.503 e. The Bertz CT molecular complexity index is 358. The van der Waals surface area contributed by atoms with Gasteiger partial charge in [0, 0.05) is 13.2 Å². The average Bonchev–Trinajstić information content (AvgIpc) is 2.33. The van der Waals surface area contributed by atoms with Crippen molar-refractivity contribution in [2.75, 3.05) is 20.3 Å². The third kappa shape index (κ3) is 4.53. The van der Waals surface area contributed by atoms with Gasteiger partial charge in [0.15, 0.2) is 11.5 Å². The highest BCUT2D eigenvalue weighted by atomic mass is 79.9. The number of hydrogen-bond acceptors (Lipinski definition) is 4. The fraction of sp³-hybridized carbons (Fsp3) is 0.500. The molecule has 1 rings (SSSR count). The molecule has 0 amide bonds. The number of phenolic OH excluding ortho intramolecular Hbond substituents is 1. The van der Waals surface area contributed by atoms with E-state index >= 15 is 0 Å². The number of ether oxygens (including phenoxy) is 1. The van der Waals surface area contributed by atoms with Gasteiger partial charge in [0.1, 0.15) is 0 Å². The molecule has 0 spiro atoms. The van der Waals surface area contributed by atoms with Crippen LogP contribution in [0.15, 0.2) is 16.6 Å². The topological polar surface area (TPSA) is 61.7 Å². The SMILES string of the molecule is COc1cc(CNCCCCO)cc(Br)c1O. The van der Waals surface area contributed by atoms with Crippen LogP contribution in [-0.2, 0) is 6.54 Å². The summed E-state index contributed by atoms with van der Waals surface area (Å²) in [7, 11) is 1.53. The second-order valence-electron chi connectivity index (χ2n) is 3.74. The molecule has 3 N–H and O–H groups in total. The van der Waals surface area contributed by atoms with Gasteiger partial charge in [-0.25, -0.2) is 0 Å². The van der Waals surface area contributed by atoms with Crippen LogP contribution in [0.2, 0.25) is 0 Å². The molecule has 0 saturated heterocycles. The molecule has 0 aliphatic carbocycles. The molecule has 0 fully saturated rings. The Morgan fingerprint density at radius 1 is 1.35 bits per heavy atom. The summed E-state index contributed by atoms with van der Waals surface area (Å²) >= 11 is 3.28. The number of nitrogens with one attached hydrogen (secondary N) is 1. The maximum absolute atomic E-state index is 9.64. The van der Waals surface area contributed by atoms with Crippen molar-refractivity contribution in [2.45, 2.75) is 19.4 Å². The molecule has 1 aromatic carbocycles. The van der Waals surface area contributed by atoms with E-state index in [1.54, 1.807) is 6.07 Å². The number of methoxy groups -OCH3 is 1. The highest BCUT2D eigenvalue weighted by Gasteiger charge is 2.07. The lowest BCUT2D eigenvalue weighted by molar-refractivity contribution is 0.283. The number of aliphatic hydroxyl groups is 1. The normalized spacial score (nSPS) is 10.5. The van der Waals surface area contributed by atoms with Crippen LogP contribution in [0.5, 0.6) is 11.5 Å². The maximum Gasteiger partial charge on any atom is 0.172 e. The van der Waals surface area contributed by atoms with E-state index < -0.39 is 0 Å². The fourth-order valence-electron chi connectivity index (χ4n) is 1.48. The van der Waals surface area contributed by atoms with E-state index in [-0.39, 0.29) is 12.4 Å². The minimum atomic E-state index is 0.122. The lowest BCUT2D eigenvalue weighted by Gasteiger charge is -2.09. The summed E-state index contributed by atoms with van der Waals surface area (Å²) in [5.74, 6) is 0.586. The summed E-state index contributed by atoms with van der Waals surface area (Å²) in [5.41, 5.74) is 1.04. The predicted molar refractivity (Wildman–Crippen MR) is 70.4 cm³/mol. The first-order chi connectivity index (χ1) is 8.19. The first-order valence-corrected chi connectivity index (χ1v) is 6.35. The number of aliphatic hydroxyl groups excluding tert-OH is 1. The number of unbranched alkanes of at least 4 members (excludes halogenated alkanes) is 1. The van der Waals surface area contributed by atoms with Gasteiger partial charge < -0.3 is 20.3 Å². The van der Waals surface area contributed by atoms with E-state index in [0.29, 0.717) is 16.8 Å². The predicted octanol–water partition coefficient (Wildman–Crippen LogP) is 2.03. The molecule has 4 nitrogen and oxygen atoms in total. The van der Waals surface area contributed by atoms with Gasteiger partial charge in [-0.1, -0.05) is 0 Å². The molecule has 0 aliphatic rings. The van der Waals surface area contributed by atoms with Crippen LogP contribution in [0, 0.1) is 0 Å².